The van der Waals surface area contributed by atoms with Gasteiger partial charge in [-0.3, -0.25) is 14.7 Å². The van der Waals surface area contributed by atoms with E-state index in [0.29, 0.717) is 22.2 Å². The quantitative estimate of drug-likeness (QED) is 0.721. The number of nitrogens with one attached hydrogen (secondary N) is 1. The van der Waals surface area contributed by atoms with E-state index >= 15 is 0 Å². The predicted molar refractivity (Wildman–Crippen MR) is 101 cm³/mol. The second kappa shape index (κ2) is 6.11. The van der Waals surface area contributed by atoms with Gasteiger partial charge in [-0.1, -0.05) is 36.4 Å². The van der Waals surface area contributed by atoms with E-state index in [4.69, 9.17) is 0 Å². The molecule has 0 atom stereocenters. The van der Waals surface area contributed by atoms with Crippen LogP contribution in [0.15, 0.2) is 63.9 Å². The Balaban J connectivity index is 1.87. The van der Waals surface area contributed by atoms with Gasteiger partial charge >= 0.3 is 0 Å². The molecular weight excluding hydrogens is 326 g/mol. The number of amides is 1. The van der Waals surface area contributed by atoms with Crippen LogP contribution in [0, 0.1) is 13.8 Å². The number of H-pyrrole nitrogens is 1. The maximum absolute atomic E-state index is 12.8. The highest BCUT2D eigenvalue weighted by molar-refractivity contribution is 6.07. The number of hydrogen-bond acceptors (Lipinski definition) is 2. The van der Waals surface area contributed by atoms with Crippen molar-refractivity contribution in [1.29, 1.82) is 0 Å². The first-order chi connectivity index (χ1) is 12.5. The van der Waals surface area contributed by atoms with Crippen molar-refractivity contribution in [2.24, 2.45) is 4.99 Å². The van der Waals surface area contributed by atoms with E-state index in [0.717, 1.165) is 16.5 Å². The van der Waals surface area contributed by atoms with Gasteiger partial charge in [-0.15, -0.1) is 0 Å². The van der Waals surface area contributed by atoms with Gasteiger partial charge in [-0.2, -0.15) is 0 Å². The number of benzene rings is 2. The summed E-state index contributed by atoms with van der Waals surface area (Å²) in [4.78, 5) is 29.4. The molecule has 0 radical (unpaired) electrons. The van der Waals surface area contributed by atoms with Crippen molar-refractivity contribution in [2.75, 3.05) is 0 Å². The zero-order chi connectivity index (χ0) is 18.3. The van der Waals surface area contributed by atoms with Crippen molar-refractivity contribution in [2.45, 2.75) is 13.8 Å². The normalized spacial score (nSPS) is 14.7. The number of nitrogens with zero attached hydrogens (tertiary/aromatic N) is 2. The third-order valence-electron chi connectivity index (χ3n) is 4.47. The molecule has 0 aliphatic carbocycles. The van der Waals surface area contributed by atoms with Crippen LogP contribution in [0.1, 0.15) is 16.8 Å². The molecule has 0 unspecified atom stereocenters. The van der Waals surface area contributed by atoms with E-state index < -0.39 is 0 Å². The molecule has 1 amide bonds. The van der Waals surface area contributed by atoms with E-state index in [9.17, 15) is 9.59 Å². The van der Waals surface area contributed by atoms with Crippen molar-refractivity contribution in [1.82, 2.24) is 9.78 Å². The van der Waals surface area contributed by atoms with Gasteiger partial charge in [0, 0.05) is 16.5 Å². The lowest BCUT2D eigenvalue weighted by molar-refractivity contribution is -0.114. The van der Waals surface area contributed by atoms with Gasteiger partial charge in [0.15, 0.2) is 0 Å². The van der Waals surface area contributed by atoms with Gasteiger partial charge in [0.1, 0.15) is 0 Å². The molecule has 5 heteroatoms. The van der Waals surface area contributed by atoms with Crippen LogP contribution in [0.25, 0.3) is 17.8 Å². The number of para-hydroxylation sites is 2. The zero-order valence-corrected chi connectivity index (χ0v) is 14.5. The molecule has 0 saturated carbocycles. The summed E-state index contributed by atoms with van der Waals surface area (Å²) in [7, 11) is 0. The van der Waals surface area contributed by atoms with Crippen LogP contribution in [0.4, 0.5) is 0 Å². The third-order valence-corrected chi connectivity index (χ3v) is 4.47. The molecule has 4 rings (SSSR count). The van der Waals surface area contributed by atoms with Crippen molar-refractivity contribution in [3.8, 4) is 5.69 Å². The smallest absolute Gasteiger partial charge is 0.278 e. The molecule has 0 saturated heterocycles. The van der Waals surface area contributed by atoms with Crippen LogP contribution >= 0.6 is 0 Å². The van der Waals surface area contributed by atoms with Gasteiger partial charge in [0.25, 0.3) is 11.5 Å². The first-order valence-corrected chi connectivity index (χ1v) is 8.34. The van der Waals surface area contributed by atoms with Gasteiger partial charge < -0.3 is 0 Å². The fraction of sp³-hybridized carbons (Fsp3) is 0.0952. The first kappa shape index (κ1) is 16.0. The van der Waals surface area contributed by atoms with Gasteiger partial charge in [-0.25, -0.2) is 9.67 Å². The average molecular weight is 343 g/mol. The Morgan fingerprint density at radius 1 is 1.00 bits per heavy atom. The predicted octanol–water partition coefficient (Wildman–Crippen LogP) is 1.81. The number of carbonyl (C=O) groups is 1. The summed E-state index contributed by atoms with van der Waals surface area (Å²) >= 11 is 0. The van der Waals surface area contributed by atoms with Crippen LogP contribution in [0.2, 0.25) is 0 Å². The summed E-state index contributed by atoms with van der Waals surface area (Å²) in [5.74, 6) is -0.335. The summed E-state index contributed by atoms with van der Waals surface area (Å²) < 4.78 is 1.48. The standard InChI is InChI=1S/C21H17N3O2/c1-13-7-6-8-15-11-16(20(25)22-19(13)15)12-18-14(2)23-24(21(18)26)17-9-4-3-5-10-17/h3-12,23H,1-2H3/b16-12+. The van der Waals surface area contributed by atoms with E-state index in [1.54, 1.807) is 12.2 Å². The highest BCUT2D eigenvalue weighted by atomic mass is 16.1. The van der Waals surface area contributed by atoms with Crippen LogP contribution < -0.4 is 16.1 Å². The van der Waals surface area contributed by atoms with Crippen LogP contribution in [0.5, 0.6) is 0 Å². The minimum Gasteiger partial charge on any atom is -0.295 e. The Kier molecular flexibility index (Phi) is 3.77. The topological polar surface area (TPSA) is 67.2 Å². The van der Waals surface area contributed by atoms with Crippen LogP contribution in [-0.2, 0) is 4.79 Å². The minimum absolute atomic E-state index is 0.197. The molecule has 0 fully saturated rings. The maximum atomic E-state index is 12.8. The largest absolute Gasteiger partial charge is 0.295 e. The number of rotatable bonds is 2. The molecule has 0 bridgehead atoms. The highest BCUT2D eigenvalue weighted by Crippen LogP contribution is 2.13. The Morgan fingerprint density at radius 2 is 1.77 bits per heavy atom. The highest BCUT2D eigenvalue weighted by Gasteiger charge is 2.15. The van der Waals surface area contributed by atoms with Crippen molar-refractivity contribution in [3.63, 3.8) is 0 Å². The number of hydrogen-bond donors (Lipinski definition) is 1. The summed E-state index contributed by atoms with van der Waals surface area (Å²) in [6.45, 7) is 3.74. The average Bonchev–Trinajstić information content (AvgIpc) is 2.92. The van der Waals surface area contributed by atoms with Crippen molar-refractivity contribution >= 4 is 18.1 Å². The summed E-state index contributed by atoms with van der Waals surface area (Å²) in [5.41, 5.74) is 3.06. The summed E-state index contributed by atoms with van der Waals surface area (Å²) in [6.07, 6.45) is 3.40. The molecule has 5 nitrogen and oxygen atoms in total. The monoisotopic (exact) mass is 343 g/mol. The number of aryl methyl sites for hydroxylation is 2. The number of carbonyl (C=O) groups excluding carboxylic acids is 1. The lowest BCUT2D eigenvalue weighted by Crippen LogP contribution is -2.32. The van der Waals surface area contributed by atoms with Crippen LogP contribution in [0.3, 0.4) is 0 Å². The van der Waals surface area contributed by atoms with E-state index in [1.807, 2.05) is 62.4 Å². The van der Waals surface area contributed by atoms with Crippen LogP contribution in [-0.4, -0.2) is 15.7 Å². The van der Waals surface area contributed by atoms with Gasteiger partial charge in [0.2, 0.25) is 0 Å². The molecule has 1 aliphatic heterocycles. The maximum Gasteiger partial charge on any atom is 0.278 e. The lowest BCUT2D eigenvalue weighted by atomic mass is 10.1. The first-order valence-electron chi connectivity index (χ1n) is 8.34. The fourth-order valence-corrected chi connectivity index (χ4v) is 3.09. The second-order valence-corrected chi connectivity index (χ2v) is 6.30. The molecule has 1 N–H and O–H groups in total. The number of fused-ring (bicyclic) bond motifs is 1. The Morgan fingerprint density at radius 3 is 2.54 bits per heavy atom. The fourth-order valence-electron chi connectivity index (χ4n) is 3.09. The number of aromatic nitrogens is 2. The molecule has 2 heterocycles. The molecule has 128 valence electrons. The van der Waals surface area contributed by atoms with Crippen molar-refractivity contribution in [3.05, 3.63) is 91.9 Å². The van der Waals surface area contributed by atoms with E-state index in [2.05, 4.69) is 10.1 Å². The lowest BCUT2D eigenvalue weighted by Gasteiger charge is -2.04. The minimum atomic E-state index is -0.335. The Labute approximate surface area is 149 Å². The van der Waals surface area contributed by atoms with Crippen molar-refractivity contribution < 1.29 is 4.79 Å². The molecule has 1 aromatic heterocycles. The van der Waals surface area contributed by atoms with Gasteiger partial charge in [-0.05, 0) is 43.7 Å². The Bertz CT molecular complexity index is 1230. The van der Waals surface area contributed by atoms with E-state index in [1.165, 1.54) is 4.68 Å². The molecule has 1 aliphatic rings. The SMILES string of the molecule is Cc1[nH]n(-c2ccccc2)c(=O)c1/C=C1\C=c2cccc(C)c2=NC1=O. The van der Waals surface area contributed by atoms with E-state index in [-0.39, 0.29) is 11.5 Å². The molecular formula is C21H17N3O2. The summed E-state index contributed by atoms with van der Waals surface area (Å²) in [6, 6.07) is 15.1. The Hall–Kier alpha value is -3.47. The molecule has 26 heavy (non-hydrogen) atoms. The molecule has 3 aromatic rings. The third kappa shape index (κ3) is 2.63. The molecule has 2 aromatic carbocycles. The molecule has 0 spiro atoms. The zero-order valence-electron chi connectivity index (χ0n) is 14.5. The summed E-state index contributed by atoms with van der Waals surface area (Å²) in [5, 5.41) is 4.64. The number of aromatic amines is 1. The van der Waals surface area contributed by atoms with Gasteiger partial charge in [0.05, 0.1) is 16.6 Å². The second-order valence-electron chi connectivity index (χ2n) is 6.30.